The summed E-state index contributed by atoms with van der Waals surface area (Å²) >= 11 is 1.27. The van der Waals surface area contributed by atoms with Gasteiger partial charge in [-0.2, -0.15) is 13.2 Å². The van der Waals surface area contributed by atoms with E-state index in [1.165, 1.54) is 23.3 Å². The predicted molar refractivity (Wildman–Crippen MR) is 79.4 cm³/mol. The van der Waals surface area contributed by atoms with E-state index in [2.05, 4.69) is 19.9 Å². The number of alkyl halides is 3. The SMILES string of the molecule is CN(Cc1nc2ccsc2c(=O)[nH]1)c1nccc(C(F)(F)F)n1. The molecular weight excluding hydrogens is 331 g/mol. The van der Waals surface area contributed by atoms with E-state index >= 15 is 0 Å². The molecule has 0 amide bonds. The highest BCUT2D eigenvalue weighted by Crippen LogP contribution is 2.28. The molecule has 0 saturated carbocycles. The summed E-state index contributed by atoms with van der Waals surface area (Å²) in [5.41, 5.74) is -0.755. The second-order valence-corrected chi connectivity index (χ2v) is 5.66. The third-order valence-electron chi connectivity index (χ3n) is 3.03. The molecule has 0 saturated heterocycles. The van der Waals surface area contributed by atoms with Gasteiger partial charge in [-0.15, -0.1) is 11.3 Å². The number of thiophene rings is 1. The quantitative estimate of drug-likeness (QED) is 0.792. The Morgan fingerprint density at radius 3 is 2.83 bits per heavy atom. The first kappa shape index (κ1) is 15.4. The minimum absolute atomic E-state index is 0.0718. The number of hydrogen-bond acceptors (Lipinski definition) is 6. The maximum atomic E-state index is 12.7. The molecule has 0 aliphatic heterocycles. The van der Waals surface area contributed by atoms with Gasteiger partial charge in [-0.3, -0.25) is 4.79 Å². The summed E-state index contributed by atoms with van der Waals surface area (Å²) in [6.07, 6.45) is -3.50. The fraction of sp³-hybridized carbons (Fsp3) is 0.231. The number of anilines is 1. The lowest BCUT2D eigenvalue weighted by Crippen LogP contribution is -2.24. The molecule has 3 rings (SSSR count). The zero-order chi connectivity index (χ0) is 16.6. The molecule has 3 heterocycles. The van der Waals surface area contributed by atoms with Gasteiger partial charge in [0.1, 0.15) is 16.2 Å². The summed E-state index contributed by atoms with van der Waals surface area (Å²) in [6.45, 7) is 0.0718. The predicted octanol–water partition coefficient (Wildman–Crippen LogP) is 2.43. The second kappa shape index (κ2) is 5.61. The number of halogens is 3. The second-order valence-electron chi connectivity index (χ2n) is 4.74. The van der Waals surface area contributed by atoms with Gasteiger partial charge < -0.3 is 9.88 Å². The van der Waals surface area contributed by atoms with Crippen molar-refractivity contribution in [2.75, 3.05) is 11.9 Å². The van der Waals surface area contributed by atoms with Gasteiger partial charge in [-0.1, -0.05) is 0 Å². The van der Waals surface area contributed by atoms with Crippen molar-refractivity contribution >= 4 is 27.5 Å². The van der Waals surface area contributed by atoms with Crippen LogP contribution in [0.5, 0.6) is 0 Å². The molecule has 3 aromatic rings. The van der Waals surface area contributed by atoms with E-state index in [0.29, 0.717) is 16.0 Å². The van der Waals surface area contributed by atoms with E-state index in [1.54, 1.807) is 11.4 Å². The normalized spacial score (nSPS) is 11.8. The Balaban J connectivity index is 1.88. The van der Waals surface area contributed by atoms with Crippen molar-refractivity contribution in [3.63, 3.8) is 0 Å². The van der Waals surface area contributed by atoms with Crippen LogP contribution in [-0.4, -0.2) is 27.0 Å². The Hall–Kier alpha value is -2.49. The Kier molecular flexibility index (Phi) is 3.76. The molecule has 3 aromatic heterocycles. The van der Waals surface area contributed by atoms with Crippen LogP contribution in [0.4, 0.5) is 19.1 Å². The van der Waals surface area contributed by atoms with Crippen LogP contribution < -0.4 is 10.5 Å². The Labute approximate surface area is 131 Å². The van der Waals surface area contributed by atoms with Crippen molar-refractivity contribution in [2.24, 2.45) is 0 Å². The van der Waals surface area contributed by atoms with E-state index in [-0.39, 0.29) is 18.1 Å². The van der Waals surface area contributed by atoms with Gasteiger partial charge in [0.15, 0.2) is 0 Å². The fourth-order valence-corrected chi connectivity index (χ4v) is 2.71. The van der Waals surface area contributed by atoms with Crippen molar-refractivity contribution in [1.82, 2.24) is 19.9 Å². The first-order chi connectivity index (χ1) is 10.8. The van der Waals surface area contributed by atoms with Crippen LogP contribution in [-0.2, 0) is 12.7 Å². The molecule has 120 valence electrons. The summed E-state index contributed by atoms with van der Waals surface area (Å²) in [6, 6.07) is 2.51. The summed E-state index contributed by atoms with van der Waals surface area (Å²) in [4.78, 5) is 27.4. The molecule has 0 aromatic carbocycles. The van der Waals surface area contributed by atoms with Crippen molar-refractivity contribution in [2.45, 2.75) is 12.7 Å². The molecule has 6 nitrogen and oxygen atoms in total. The van der Waals surface area contributed by atoms with Gasteiger partial charge in [0.2, 0.25) is 5.95 Å². The Bertz CT molecular complexity index is 904. The van der Waals surface area contributed by atoms with Gasteiger partial charge in [0, 0.05) is 13.2 Å². The van der Waals surface area contributed by atoms with Crippen molar-refractivity contribution in [3.8, 4) is 0 Å². The summed E-state index contributed by atoms with van der Waals surface area (Å²) in [5, 5.41) is 1.75. The molecule has 0 bridgehead atoms. The third kappa shape index (κ3) is 3.16. The topological polar surface area (TPSA) is 74.8 Å². The molecule has 0 atom stereocenters. The van der Waals surface area contributed by atoms with Crippen molar-refractivity contribution < 1.29 is 13.2 Å². The minimum atomic E-state index is -4.54. The molecule has 0 radical (unpaired) electrons. The summed E-state index contributed by atoms with van der Waals surface area (Å²) in [5.74, 6) is 0.220. The van der Waals surface area contributed by atoms with Crippen LogP contribution in [0.25, 0.3) is 10.2 Å². The number of H-pyrrole nitrogens is 1. The Morgan fingerprint density at radius 1 is 1.30 bits per heavy atom. The smallest absolute Gasteiger partial charge is 0.336 e. The lowest BCUT2D eigenvalue weighted by molar-refractivity contribution is -0.141. The van der Waals surface area contributed by atoms with Crippen molar-refractivity contribution in [3.05, 3.63) is 45.6 Å². The average Bonchev–Trinajstić information content (AvgIpc) is 2.95. The van der Waals surface area contributed by atoms with Gasteiger partial charge in [-0.05, 0) is 17.5 Å². The maximum absolute atomic E-state index is 12.7. The van der Waals surface area contributed by atoms with Crippen LogP contribution in [0, 0.1) is 0 Å². The lowest BCUT2D eigenvalue weighted by atomic mass is 10.4. The zero-order valence-electron chi connectivity index (χ0n) is 11.8. The fourth-order valence-electron chi connectivity index (χ4n) is 1.98. The molecule has 0 aliphatic carbocycles. The number of fused-ring (bicyclic) bond motifs is 1. The zero-order valence-corrected chi connectivity index (χ0v) is 12.6. The van der Waals surface area contributed by atoms with Crippen LogP contribution in [0.2, 0.25) is 0 Å². The van der Waals surface area contributed by atoms with Gasteiger partial charge in [0.25, 0.3) is 5.56 Å². The standard InChI is InChI=1S/C13H10F3N5OS/c1-21(12-17-4-2-8(19-12)13(14,15)16)6-9-18-7-3-5-23-10(7)11(22)20-9/h2-5H,6H2,1H3,(H,18,20,22). The number of aromatic amines is 1. The minimum Gasteiger partial charge on any atom is -0.336 e. The van der Waals surface area contributed by atoms with E-state index in [1.807, 2.05) is 0 Å². The summed E-state index contributed by atoms with van der Waals surface area (Å²) < 4.78 is 38.6. The maximum Gasteiger partial charge on any atom is 0.433 e. The van der Waals surface area contributed by atoms with Crippen LogP contribution in [0.15, 0.2) is 28.5 Å². The number of aromatic nitrogens is 4. The first-order valence-electron chi connectivity index (χ1n) is 6.42. The molecule has 0 fully saturated rings. The molecular formula is C13H10F3N5OS. The van der Waals surface area contributed by atoms with E-state index in [4.69, 9.17) is 0 Å². The van der Waals surface area contributed by atoms with Crippen molar-refractivity contribution in [1.29, 1.82) is 0 Å². The highest BCUT2D eigenvalue weighted by atomic mass is 32.1. The molecule has 10 heteroatoms. The average molecular weight is 341 g/mol. The van der Waals surface area contributed by atoms with E-state index in [9.17, 15) is 18.0 Å². The van der Waals surface area contributed by atoms with Crippen LogP contribution >= 0.6 is 11.3 Å². The van der Waals surface area contributed by atoms with E-state index < -0.39 is 11.9 Å². The molecule has 23 heavy (non-hydrogen) atoms. The molecule has 0 spiro atoms. The highest BCUT2D eigenvalue weighted by Gasteiger charge is 2.33. The van der Waals surface area contributed by atoms with Crippen LogP contribution in [0.1, 0.15) is 11.5 Å². The Morgan fingerprint density at radius 2 is 2.09 bits per heavy atom. The molecule has 0 aliphatic rings. The number of nitrogens with zero attached hydrogens (tertiary/aromatic N) is 4. The largest absolute Gasteiger partial charge is 0.433 e. The summed E-state index contributed by atoms with van der Waals surface area (Å²) in [7, 11) is 1.52. The number of hydrogen-bond donors (Lipinski definition) is 1. The number of rotatable bonds is 3. The van der Waals surface area contributed by atoms with E-state index in [0.717, 1.165) is 12.3 Å². The van der Waals surface area contributed by atoms with Gasteiger partial charge >= 0.3 is 6.18 Å². The number of nitrogens with one attached hydrogen (secondary N) is 1. The van der Waals surface area contributed by atoms with Gasteiger partial charge in [-0.25, -0.2) is 15.0 Å². The lowest BCUT2D eigenvalue weighted by Gasteiger charge is -2.17. The highest BCUT2D eigenvalue weighted by molar-refractivity contribution is 7.17. The monoisotopic (exact) mass is 341 g/mol. The van der Waals surface area contributed by atoms with Crippen LogP contribution in [0.3, 0.4) is 0 Å². The van der Waals surface area contributed by atoms with Gasteiger partial charge in [0.05, 0.1) is 12.1 Å². The first-order valence-corrected chi connectivity index (χ1v) is 7.30. The third-order valence-corrected chi connectivity index (χ3v) is 3.93. The molecule has 0 unspecified atom stereocenters. The molecule has 1 N–H and O–H groups in total.